The quantitative estimate of drug-likeness (QED) is 0.610. The second-order valence-corrected chi connectivity index (χ2v) is 10.1. The van der Waals surface area contributed by atoms with Crippen molar-refractivity contribution in [3.63, 3.8) is 0 Å². The van der Waals surface area contributed by atoms with E-state index in [0.29, 0.717) is 11.6 Å². The second-order valence-electron chi connectivity index (χ2n) is 10.1. The topological polar surface area (TPSA) is 66.6 Å². The molecule has 3 aliphatic rings. The first-order valence-electron chi connectivity index (χ1n) is 12.4. The summed E-state index contributed by atoms with van der Waals surface area (Å²) in [5, 5.41) is 0. The van der Waals surface area contributed by atoms with Gasteiger partial charge in [-0.25, -0.2) is 15.0 Å². The summed E-state index contributed by atoms with van der Waals surface area (Å²) in [6, 6.07) is 4.03. The van der Waals surface area contributed by atoms with E-state index < -0.39 is 0 Å². The first-order valence-corrected chi connectivity index (χ1v) is 12.4. The van der Waals surface area contributed by atoms with Crippen LogP contribution in [0, 0.1) is 19.8 Å². The molecule has 1 amide bonds. The number of imidazole rings is 1. The molecular weight excluding hydrogens is 412 g/mol. The Balaban J connectivity index is 1.17. The highest BCUT2D eigenvalue weighted by atomic mass is 16.2. The summed E-state index contributed by atoms with van der Waals surface area (Å²) in [6.45, 7) is 7.90. The fourth-order valence-electron chi connectivity index (χ4n) is 5.37. The highest BCUT2D eigenvalue weighted by Gasteiger charge is 2.31. The lowest BCUT2D eigenvalue weighted by Crippen LogP contribution is -2.39. The van der Waals surface area contributed by atoms with E-state index in [1.54, 1.807) is 0 Å². The Morgan fingerprint density at radius 2 is 1.88 bits per heavy atom. The minimum absolute atomic E-state index is 0.0213. The molecule has 6 rings (SSSR count). The Kier molecular flexibility index (Phi) is 5.07. The Morgan fingerprint density at radius 1 is 1.06 bits per heavy atom. The molecule has 172 valence electrons. The number of aryl methyl sites for hydroxylation is 2. The molecular formula is C26H32N6O. The number of hydrogen-bond acceptors (Lipinski definition) is 5. The van der Waals surface area contributed by atoms with Crippen LogP contribution in [0.1, 0.15) is 71.2 Å². The lowest BCUT2D eigenvalue weighted by atomic mass is 9.94. The number of fused-ring (bicyclic) bond motifs is 2. The van der Waals surface area contributed by atoms with Gasteiger partial charge in [-0.05, 0) is 76.0 Å². The monoisotopic (exact) mass is 444 g/mol. The van der Waals surface area contributed by atoms with Crippen LogP contribution in [0.25, 0.3) is 5.65 Å². The summed E-state index contributed by atoms with van der Waals surface area (Å²) < 4.78 is 1.92. The average molecular weight is 445 g/mol. The molecule has 2 fully saturated rings. The normalized spacial score (nSPS) is 19.2. The van der Waals surface area contributed by atoms with Crippen molar-refractivity contribution in [2.75, 3.05) is 31.1 Å². The number of rotatable bonds is 4. The van der Waals surface area contributed by atoms with Crippen LogP contribution in [0.15, 0.2) is 24.5 Å². The molecule has 7 heteroatoms. The Bertz CT molecular complexity index is 1200. The largest absolute Gasteiger partial charge is 0.356 e. The molecule has 33 heavy (non-hydrogen) atoms. The first kappa shape index (κ1) is 20.6. The Hall–Kier alpha value is -2.96. The van der Waals surface area contributed by atoms with Crippen molar-refractivity contribution in [2.24, 2.45) is 5.92 Å². The van der Waals surface area contributed by atoms with Crippen molar-refractivity contribution in [1.29, 1.82) is 0 Å². The predicted molar refractivity (Wildman–Crippen MR) is 128 cm³/mol. The molecule has 0 unspecified atom stereocenters. The molecule has 5 heterocycles. The third-order valence-electron chi connectivity index (χ3n) is 7.52. The van der Waals surface area contributed by atoms with Gasteiger partial charge in [-0.1, -0.05) is 0 Å². The molecule has 0 atom stereocenters. The second kappa shape index (κ2) is 8.12. The maximum Gasteiger partial charge on any atom is 0.274 e. The molecule has 3 aromatic rings. The highest BCUT2D eigenvalue weighted by Crippen LogP contribution is 2.36. The van der Waals surface area contributed by atoms with Crippen molar-refractivity contribution in [2.45, 2.75) is 58.3 Å². The van der Waals surface area contributed by atoms with Gasteiger partial charge < -0.3 is 14.2 Å². The van der Waals surface area contributed by atoms with Gasteiger partial charge in [0.25, 0.3) is 5.91 Å². The highest BCUT2D eigenvalue weighted by molar-refractivity contribution is 5.93. The minimum atomic E-state index is 0.0213. The van der Waals surface area contributed by atoms with Gasteiger partial charge in [0, 0.05) is 55.7 Å². The van der Waals surface area contributed by atoms with Gasteiger partial charge in [-0.15, -0.1) is 0 Å². The van der Waals surface area contributed by atoms with Gasteiger partial charge >= 0.3 is 0 Å². The van der Waals surface area contributed by atoms with Gasteiger partial charge in [-0.2, -0.15) is 0 Å². The molecule has 0 spiro atoms. The number of aromatic nitrogens is 4. The average Bonchev–Trinajstić information content (AvgIpc) is 3.54. The summed E-state index contributed by atoms with van der Waals surface area (Å²) in [5.74, 6) is 3.35. The van der Waals surface area contributed by atoms with E-state index in [-0.39, 0.29) is 5.91 Å². The number of piperidine rings is 1. The summed E-state index contributed by atoms with van der Waals surface area (Å²) in [5.41, 5.74) is 4.98. The number of carbonyl (C=O) groups is 1. The molecule has 0 bridgehead atoms. The van der Waals surface area contributed by atoms with E-state index in [1.807, 2.05) is 40.8 Å². The van der Waals surface area contributed by atoms with Crippen molar-refractivity contribution < 1.29 is 4.79 Å². The maximum atomic E-state index is 13.1. The molecule has 1 saturated heterocycles. The summed E-state index contributed by atoms with van der Waals surface area (Å²) in [4.78, 5) is 32.2. The third-order valence-corrected chi connectivity index (χ3v) is 7.52. The number of pyridine rings is 1. The molecule has 3 aromatic heterocycles. The molecule has 2 aliphatic heterocycles. The number of anilines is 1. The van der Waals surface area contributed by atoms with Crippen LogP contribution in [0.4, 0.5) is 5.82 Å². The molecule has 0 radical (unpaired) electrons. The van der Waals surface area contributed by atoms with E-state index in [2.05, 4.69) is 16.8 Å². The number of amides is 1. The van der Waals surface area contributed by atoms with Crippen LogP contribution in [-0.4, -0.2) is 56.3 Å². The zero-order chi connectivity index (χ0) is 22.5. The first-order chi connectivity index (χ1) is 16.0. The smallest absolute Gasteiger partial charge is 0.274 e. The van der Waals surface area contributed by atoms with Gasteiger partial charge in [0.05, 0.1) is 0 Å². The lowest BCUT2D eigenvalue weighted by Gasteiger charge is -2.34. The number of carbonyl (C=O) groups excluding carboxylic acids is 1. The van der Waals surface area contributed by atoms with E-state index in [0.717, 1.165) is 74.1 Å². The van der Waals surface area contributed by atoms with E-state index in [4.69, 9.17) is 9.97 Å². The molecule has 1 aliphatic carbocycles. The Labute approximate surface area is 194 Å². The Morgan fingerprint density at radius 3 is 2.67 bits per heavy atom. The van der Waals surface area contributed by atoms with Crippen LogP contribution in [0.2, 0.25) is 0 Å². The summed E-state index contributed by atoms with van der Waals surface area (Å²) in [7, 11) is 0. The van der Waals surface area contributed by atoms with Gasteiger partial charge in [-0.3, -0.25) is 4.79 Å². The van der Waals surface area contributed by atoms with Crippen LogP contribution < -0.4 is 4.90 Å². The van der Waals surface area contributed by atoms with Crippen molar-refractivity contribution in [3.05, 3.63) is 52.9 Å². The third kappa shape index (κ3) is 3.98. The van der Waals surface area contributed by atoms with Gasteiger partial charge in [0.2, 0.25) is 0 Å². The molecule has 0 N–H and O–H groups in total. The number of nitrogens with zero attached hydrogens (tertiary/aromatic N) is 6. The lowest BCUT2D eigenvalue weighted by molar-refractivity contribution is 0.0705. The minimum Gasteiger partial charge on any atom is -0.356 e. The van der Waals surface area contributed by atoms with Gasteiger partial charge in [0.15, 0.2) is 0 Å². The number of likely N-dealkylation sites (tertiary alicyclic amines) is 1. The van der Waals surface area contributed by atoms with Crippen LogP contribution >= 0.6 is 0 Å². The SMILES string of the molecule is Cc1ccn2cc(C(=O)N3CCC(c4nc(C)c5c(n4)N(CC4CC4)CCC5)CC3)nc2c1. The van der Waals surface area contributed by atoms with Gasteiger partial charge in [0.1, 0.15) is 23.0 Å². The fourth-order valence-corrected chi connectivity index (χ4v) is 5.37. The van der Waals surface area contributed by atoms with E-state index in [1.165, 1.54) is 30.6 Å². The fraction of sp³-hybridized carbons (Fsp3) is 0.538. The molecule has 1 saturated carbocycles. The van der Waals surface area contributed by atoms with Crippen LogP contribution in [0.3, 0.4) is 0 Å². The summed E-state index contributed by atoms with van der Waals surface area (Å²) in [6.07, 6.45) is 10.6. The molecule has 7 nitrogen and oxygen atoms in total. The standard InChI is InChI=1S/C26H32N6O/c1-17-7-11-31-16-22(28-23(31)14-17)26(33)30-12-8-20(9-13-30)24-27-18(2)21-4-3-10-32(25(21)29-24)15-19-5-6-19/h7,11,14,16,19-20H,3-6,8-10,12-13,15H2,1-2H3. The van der Waals surface area contributed by atoms with E-state index in [9.17, 15) is 4.79 Å². The summed E-state index contributed by atoms with van der Waals surface area (Å²) >= 11 is 0. The zero-order valence-corrected chi connectivity index (χ0v) is 19.6. The van der Waals surface area contributed by atoms with E-state index >= 15 is 0 Å². The van der Waals surface area contributed by atoms with Crippen LogP contribution in [0.5, 0.6) is 0 Å². The van der Waals surface area contributed by atoms with Crippen molar-refractivity contribution in [1.82, 2.24) is 24.3 Å². The number of hydrogen-bond donors (Lipinski definition) is 0. The zero-order valence-electron chi connectivity index (χ0n) is 19.6. The van der Waals surface area contributed by atoms with Crippen molar-refractivity contribution >= 4 is 17.4 Å². The molecule has 0 aromatic carbocycles. The van der Waals surface area contributed by atoms with Crippen molar-refractivity contribution in [3.8, 4) is 0 Å². The predicted octanol–water partition coefficient (Wildman–Crippen LogP) is 3.92. The maximum absolute atomic E-state index is 13.1. The van der Waals surface area contributed by atoms with Crippen LogP contribution in [-0.2, 0) is 6.42 Å².